The molecule has 3 nitrogen and oxygen atoms in total. The third-order valence-electron chi connectivity index (χ3n) is 4.35. The van der Waals surface area contributed by atoms with Gasteiger partial charge in [-0.15, -0.1) is 0 Å². The molecule has 0 bridgehead atoms. The van der Waals surface area contributed by atoms with E-state index in [0.29, 0.717) is 18.4 Å². The minimum absolute atomic E-state index is 0.182. The molecule has 2 rings (SSSR count). The van der Waals surface area contributed by atoms with Crippen LogP contribution in [0.1, 0.15) is 36.8 Å². The number of alkyl halides is 3. The summed E-state index contributed by atoms with van der Waals surface area (Å²) in [5.74, 6) is 0.139. The Bertz CT molecular complexity index is 514. The van der Waals surface area contributed by atoms with Crippen molar-refractivity contribution in [1.29, 1.82) is 0 Å². The molecule has 1 aliphatic rings. The van der Waals surface area contributed by atoms with Gasteiger partial charge in [-0.25, -0.2) is 0 Å². The van der Waals surface area contributed by atoms with Crippen LogP contribution in [-0.2, 0) is 22.1 Å². The number of carbonyl (C=O) groups excluding carboxylic acids is 1. The molecular weight excluding hydrogens is 307 g/mol. The smallest absolute Gasteiger partial charge is 0.416 e. The number of ether oxygens (including phenoxy) is 1. The summed E-state index contributed by atoms with van der Waals surface area (Å²) < 4.78 is 42.3. The topological polar surface area (TPSA) is 38.3 Å². The zero-order valence-corrected chi connectivity index (χ0v) is 13.2. The molecule has 0 radical (unpaired) electrons. The second kappa shape index (κ2) is 7.81. The third-order valence-corrected chi connectivity index (χ3v) is 4.35. The fourth-order valence-corrected chi connectivity index (χ4v) is 3.02. The zero-order chi connectivity index (χ0) is 16.9. The average molecular weight is 329 g/mol. The second-order valence-corrected chi connectivity index (χ2v) is 6.06. The highest BCUT2D eigenvalue weighted by Crippen LogP contribution is 2.29. The second-order valence-electron chi connectivity index (χ2n) is 6.06. The standard InChI is InChI=1S/C17H22F3NO2/c1-23-16(22)11-13-8-9-21-15(10-13)7-4-12-2-5-14(6-3-12)17(18,19)20/h2-3,5-6,13,15,21H,4,7-11H2,1H3/t13-,15-/m0/s1. The highest BCUT2D eigenvalue weighted by atomic mass is 19.4. The number of piperidine rings is 1. The Balaban J connectivity index is 1.82. The summed E-state index contributed by atoms with van der Waals surface area (Å²) >= 11 is 0. The van der Waals surface area contributed by atoms with Crippen LogP contribution >= 0.6 is 0 Å². The van der Waals surface area contributed by atoms with Gasteiger partial charge in [0.1, 0.15) is 0 Å². The molecule has 0 aromatic heterocycles. The first-order chi connectivity index (χ1) is 10.9. The lowest BCUT2D eigenvalue weighted by molar-refractivity contribution is -0.142. The molecule has 2 atom stereocenters. The van der Waals surface area contributed by atoms with Gasteiger partial charge in [0.2, 0.25) is 0 Å². The van der Waals surface area contributed by atoms with Crippen LogP contribution < -0.4 is 5.32 Å². The van der Waals surface area contributed by atoms with Crippen molar-refractivity contribution in [2.75, 3.05) is 13.7 Å². The molecule has 0 saturated carbocycles. The number of aryl methyl sites for hydroxylation is 1. The summed E-state index contributed by atoms with van der Waals surface area (Å²) in [6.07, 6.45) is -0.426. The van der Waals surface area contributed by atoms with Gasteiger partial charge in [-0.3, -0.25) is 4.79 Å². The number of esters is 1. The van der Waals surface area contributed by atoms with Crippen LogP contribution in [0.3, 0.4) is 0 Å². The minimum Gasteiger partial charge on any atom is -0.469 e. The average Bonchev–Trinajstić information content (AvgIpc) is 2.53. The van der Waals surface area contributed by atoms with Gasteiger partial charge >= 0.3 is 12.1 Å². The maximum atomic E-state index is 12.5. The number of hydrogen-bond donors (Lipinski definition) is 1. The fourth-order valence-electron chi connectivity index (χ4n) is 3.02. The molecule has 0 aliphatic carbocycles. The molecule has 1 aromatic rings. The van der Waals surface area contributed by atoms with Gasteiger partial charge in [0.05, 0.1) is 12.7 Å². The van der Waals surface area contributed by atoms with E-state index in [9.17, 15) is 18.0 Å². The van der Waals surface area contributed by atoms with Gasteiger partial charge in [0.25, 0.3) is 0 Å². The number of rotatable bonds is 5. The summed E-state index contributed by atoms with van der Waals surface area (Å²) in [4.78, 5) is 11.3. The molecule has 0 amide bonds. The van der Waals surface area contributed by atoms with Gasteiger partial charge in [-0.2, -0.15) is 13.2 Å². The van der Waals surface area contributed by atoms with Crippen LogP contribution in [0.15, 0.2) is 24.3 Å². The van der Waals surface area contributed by atoms with Gasteiger partial charge in [-0.1, -0.05) is 12.1 Å². The lowest BCUT2D eigenvalue weighted by atomic mass is 9.87. The van der Waals surface area contributed by atoms with Crippen molar-refractivity contribution in [3.05, 3.63) is 35.4 Å². The number of methoxy groups -OCH3 is 1. The van der Waals surface area contributed by atoms with Gasteiger partial charge < -0.3 is 10.1 Å². The summed E-state index contributed by atoms with van der Waals surface area (Å²) in [5, 5.41) is 3.41. The van der Waals surface area contributed by atoms with Crippen LogP contribution in [0.2, 0.25) is 0 Å². The highest BCUT2D eigenvalue weighted by molar-refractivity contribution is 5.69. The zero-order valence-electron chi connectivity index (χ0n) is 13.2. The largest absolute Gasteiger partial charge is 0.469 e. The molecule has 23 heavy (non-hydrogen) atoms. The monoisotopic (exact) mass is 329 g/mol. The van der Waals surface area contributed by atoms with Crippen LogP contribution in [-0.4, -0.2) is 25.7 Å². The molecule has 1 N–H and O–H groups in total. The molecule has 1 heterocycles. The summed E-state index contributed by atoms with van der Waals surface area (Å²) in [6, 6.07) is 5.63. The number of nitrogens with one attached hydrogen (secondary N) is 1. The first-order valence-corrected chi connectivity index (χ1v) is 7.85. The summed E-state index contributed by atoms with van der Waals surface area (Å²) in [6.45, 7) is 0.860. The molecule has 1 saturated heterocycles. The third kappa shape index (κ3) is 5.53. The van der Waals surface area contributed by atoms with E-state index in [2.05, 4.69) is 5.32 Å². The Morgan fingerprint density at radius 2 is 2.00 bits per heavy atom. The number of halogens is 3. The minimum atomic E-state index is -4.29. The van der Waals surface area contributed by atoms with Crippen molar-refractivity contribution in [1.82, 2.24) is 5.32 Å². The van der Waals surface area contributed by atoms with E-state index in [1.807, 2.05) is 0 Å². The van der Waals surface area contributed by atoms with E-state index in [0.717, 1.165) is 49.9 Å². The van der Waals surface area contributed by atoms with Crippen LogP contribution in [0, 0.1) is 5.92 Å². The highest BCUT2D eigenvalue weighted by Gasteiger charge is 2.30. The lowest BCUT2D eigenvalue weighted by Crippen LogP contribution is -2.39. The van der Waals surface area contributed by atoms with Crippen molar-refractivity contribution in [3.8, 4) is 0 Å². The van der Waals surface area contributed by atoms with Crippen LogP contribution in [0.4, 0.5) is 13.2 Å². The maximum absolute atomic E-state index is 12.5. The van der Waals surface area contributed by atoms with Crippen molar-refractivity contribution in [2.24, 2.45) is 5.92 Å². The fraction of sp³-hybridized carbons (Fsp3) is 0.588. The van der Waals surface area contributed by atoms with E-state index >= 15 is 0 Å². The number of benzene rings is 1. The van der Waals surface area contributed by atoms with Gasteiger partial charge in [0, 0.05) is 12.5 Å². The van der Waals surface area contributed by atoms with E-state index in [-0.39, 0.29) is 5.97 Å². The number of hydrogen-bond acceptors (Lipinski definition) is 3. The maximum Gasteiger partial charge on any atom is 0.416 e. The van der Waals surface area contributed by atoms with Gasteiger partial charge in [0.15, 0.2) is 0 Å². The Kier molecular flexibility index (Phi) is 6.04. The molecular formula is C17H22F3NO2. The molecule has 6 heteroatoms. The van der Waals surface area contributed by atoms with E-state index in [4.69, 9.17) is 4.74 Å². The summed E-state index contributed by atoms with van der Waals surface area (Å²) in [7, 11) is 1.39. The molecule has 128 valence electrons. The van der Waals surface area contributed by atoms with E-state index < -0.39 is 11.7 Å². The predicted molar refractivity (Wildman–Crippen MR) is 80.9 cm³/mol. The first-order valence-electron chi connectivity index (χ1n) is 7.85. The van der Waals surface area contributed by atoms with Crippen LogP contribution in [0.5, 0.6) is 0 Å². The number of carbonyl (C=O) groups is 1. The summed E-state index contributed by atoms with van der Waals surface area (Å²) in [5.41, 5.74) is 0.282. The van der Waals surface area contributed by atoms with Crippen molar-refractivity contribution < 1.29 is 22.7 Å². The quantitative estimate of drug-likeness (QED) is 0.839. The predicted octanol–water partition coefficient (Wildman–Crippen LogP) is 3.57. The SMILES string of the molecule is COC(=O)C[C@H]1CCN[C@@H](CCc2ccc(C(F)(F)F)cc2)C1. The van der Waals surface area contributed by atoms with Crippen molar-refractivity contribution in [2.45, 2.75) is 44.3 Å². The lowest BCUT2D eigenvalue weighted by Gasteiger charge is -2.30. The molecule has 1 aliphatic heterocycles. The molecule has 0 spiro atoms. The Labute approximate surface area is 134 Å². The Hall–Kier alpha value is -1.56. The van der Waals surface area contributed by atoms with Crippen LogP contribution in [0.25, 0.3) is 0 Å². The molecule has 1 aromatic carbocycles. The van der Waals surface area contributed by atoms with E-state index in [1.165, 1.54) is 19.2 Å². The van der Waals surface area contributed by atoms with Gasteiger partial charge in [-0.05, 0) is 55.8 Å². The Morgan fingerprint density at radius 1 is 1.30 bits per heavy atom. The Morgan fingerprint density at radius 3 is 2.61 bits per heavy atom. The van der Waals surface area contributed by atoms with Crippen molar-refractivity contribution >= 4 is 5.97 Å². The van der Waals surface area contributed by atoms with E-state index in [1.54, 1.807) is 0 Å². The molecule has 0 unspecified atom stereocenters. The van der Waals surface area contributed by atoms with Crippen molar-refractivity contribution in [3.63, 3.8) is 0 Å². The first kappa shape index (κ1) is 17.8. The molecule has 1 fully saturated rings. The normalized spacial score (nSPS) is 21.9.